The third kappa shape index (κ3) is 3.10. The van der Waals surface area contributed by atoms with Gasteiger partial charge in [-0.25, -0.2) is 4.79 Å². The maximum absolute atomic E-state index is 12.2. The Labute approximate surface area is 137 Å². The summed E-state index contributed by atoms with van der Waals surface area (Å²) in [6.07, 6.45) is -0.949. The number of H-pyrrole nitrogens is 1. The molecular weight excluding hydrogens is 306 g/mol. The van der Waals surface area contributed by atoms with Crippen LogP contribution in [-0.2, 0) is 4.74 Å². The number of rotatable bonds is 4. The summed E-state index contributed by atoms with van der Waals surface area (Å²) in [5.41, 5.74) is 0.110. The van der Waals surface area contributed by atoms with Crippen molar-refractivity contribution < 1.29 is 14.3 Å². The highest BCUT2D eigenvalue weighted by Crippen LogP contribution is 2.12. The molecular formula is C19H15NO4. The number of aromatic nitrogens is 1. The molecule has 0 spiro atoms. The van der Waals surface area contributed by atoms with Crippen molar-refractivity contribution in [2.24, 2.45) is 0 Å². The van der Waals surface area contributed by atoms with Crippen molar-refractivity contribution in [2.75, 3.05) is 0 Å². The molecule has 0 saturated carbocycles. The summed E-state index contributed by atoms with van der Waals surface area (Å²) in [7, 11) is 0. The second-order valence-electron chi connectivity index (χ2n) is 5.38. The fraction of sp³-hybridized carbons (Fsp3) is 0.105. The van der Waals surface area contributed by atoms with E-state index < -0.39 is 12.1 Å². The zero-order valence-electron chi connectivity index (χ0n) is 13.0. The number of esters is 1. The van der Waals surface area contributed by atoms with Crippen LogP contribution >= 0.6 is 0 Å². The molecule has 0 aliphatic heterocycles. The SMILES string of the molecule is CC(OC(=O)c1cc2ccccc2c(=O)[nH]1)C(=O)c1ccccc1. The average molecular weight is 321 g/mol. The number of benzene rings is 2. The molecule has 3 aromatic rings. The van der Waals surface area contributed by atoms with E-state index >= 15 is 0 Å². The number of hydrogen-bond acceptors (Lipinski definition) is 4. The molecule has 3 rings (SSSR count). The van der Waals surface area contributed by atoms with Gasteiger partial charge in [0.15, 0.2) is 6.10 Å². The van der Waals surface area contributed by atoms with Crippen LogP contribution < -0.4 is 5.56 Å². The summed E-state index contributed by atoms with van der Waals surface area (Å²) >= 11 is 0. The van der Waals surface area contributed by atoms with Gasteiger partial charge in [-0.15, -0.1) is 0 Å². The highest BCUT2D eigenvalue weighted by Gasteiger charge is 2.21. The van der Waals surface area contributed by atoms with Crippen LogP contribution in [0.3, 0.4) is 0 Å². The molecule has 2 aromatic carbocycles. The van der Waals surface area contributed by atoms with Gasteiger partial charge in [-0.2, -0.15) is 0 Å². The number of hydrogen-bond donors (Lipinski definition) is 1. The number of ketones is 1. The second kappa shape index (κ2) is 6.50. The number of carbonyl (C=O) groups excluding carboxylic acids is 2. The Hall–Kier alpha value is -3.21. The summed E-state index contributed by atoms with van der Waals surface area (Å²) in [6, 6.07) is 17.1. The van der Waals surface area contributed by atoms with Gasteiger partial charge >= 0.3 is 5.97 Å². The van der Waals surface area contributed by atoms with Gasteiger partial charge in [0.2, 0.25) is 5.78 Å². The van der Waals surface area contributed by atoms with Crippen LogP contribution in [0.15, 0.2) is 65.5 Å². The van der Waals surface area contributed by atoms with Gasteiger partial charge in [0.25, 0.3) is 5.56 Å². The molecule has 0 fully saturated rings. The molecule has 5 nitrogen and oxygen atoms in total. The van der Waals surface area contributed by atoms with E-state index in [1.54, 1.807) is 60.7 Å². The van der Waals surface area contributed by atoms with E-state index in [1.807, 2.05) is 0 Å². The van der Waals surface area contributed by atoms with Crippen LogP contribution in [0.25, 0.3) is 10.8 Å². The van der Waals surface area contributed by atoms with Crippen molar-refractivity contribution in [3.63, 3.8) is 0 Å². The zero-order chi connectivity index (χ0) is 17.1. The highest BCUT2D eigenvalue weighted by atomic mass is 16.5. The molecule has 0 radical (unpaired) electrons. The number of aromatic amines is 1. The van der Waals surface area contributed by atoms with Gasteiger partial charge < -0.3 is 9.72 Å². The third-order valence-electron chi connectivity index (χ3n) is 3.68. The molecule has 1 N–H and O–H groups in total. The summed E-state index contributed by atoms with van der Waals surface area (Å²) < 4.78 is 5.20. The monoisotopic (exact) mass is 321 g/mol. The number of Topliss-reactive ketones (excluding diaryl/α,β-unsaturated/α-hetero) is 1. The molecule has 24 heavy (non-hydrogen) atoms. The van der Waals surface area contributed by atoms with Crippen molar-refractivity contribution in [3.05, 3.63) is 82.3 Å². The fourth-order valence-corrected chi connectivity index (χ4v) is 2.44. The number of pyridine rings is 1. The van der Waals surface area contributed by atoms with Crippen LogP contribution in [0.2, 0.25) is 0 Å². The van der Waals surface area contributed by atoms with E-state index in [0.29, 0.717) is 16.3 Å². The average Bonchev–Trinajstić information content (AvgIpc) is 2.61. The molecule has 5 heteroatoms. The van der Waals surface area contributed by atoms with Crippen LogP contribution in [0.1, 0.15) is 27.8 Å². The van der Waals surface area contributed by atoms with E-state index in [0.717, 1.165) is 0 Å². The molecule has 0 aliphatic carbocycles. The van der Waals surface area contributed by atoms with Gasteiger partial charge in [-0.1, -0.05) is 48.5 Å². The van der Waals surface area contributed by atoms with Crippen molar-refractivity contribution in [3.8, 4) is 0 Å². The first-order valence-corrected chi connectivity index (χ1v) is 7.48. The van der Waals surface area contributed by atoms with E-state index in [1.165, 1.54) is 6.92 Å². The molecule has 0 amide bonds. The second-order valence-corrected chi connectivity index (χ2v) is 5.38. The summed E-state index contributed by atoms with van der Waals surface area (Å²) in [6.45, 7) is 1.51. The first-order valence-electron chi connectivity index (χ1n) is 7.48. The Balaban J connectivity index is 1.82. The third-order valence-corrected chi connectivity index (χ3v) is 3.68. The normalized spacial score (nSPS) is 11.9. The lowest BCUT2D eigenvalue weighted by atomic mass is 10.1. The molecule has 120 valence electrons. The molecule has 0 aliphatic rings. The molecule has 1 heterocycles. The maximum Gasteiger partial charge on any atom is 0.355 e. The Morgan fingerprint density at radius 2 is 1.67 bits per heavy atom. The van der Waals surface area contributed by atoms with Crippen molar-refractivity contribution in [2.45, 2.75) is 13.0 Å². The fourth-order valence-electron chi connectivity index (χ4n) is 2.44. The topological polar surface area (TPSA) is 76.2 Å². The summed E-state index contributed by atoms with van der Waals surface area (Å²) in [5.74, 6) is -1.04. The predicted molar refractivity (Wildman–Crippen MR) is 90.2 cm³/mol. The van der Waals surface area contributed by atoms with Gasteiger partial charge in [0.1, 0.15) is 5.69 Å². The number of nitrogens with one attached hydrogen (secondary N) is 1. The lowest BCUT2D eigenvalue weighted by molar-refractivity contribution is 0.0313. The van der Waals surface area contributed by atoms with Gasteiger partial charge in [-0.3, -0.25) is 9.59 Å². The molecule has 0 bridgehead atoms. The Morgan fingerprint density at radius 1 is 1.00 bits per heavy atom. The molecule has 0 saturated heterocycles. The minimum absolute atomic E-state index is 0.0198. The Morgan fingerprint density at radius 3 is 2.42 bits per heavy atom. The lowest BCUT2D eigenvalue weighted by Gasteiger charge is -2.12. The molecule has 1 aromatic heterocycles. The van der Waals surface area contributed by atoms with E-state index in [-0.39, 0.29) is 17.0 Å². The van der Waals surface area contributed by atoms with Gasteiger partial charge in [0, 0.05) is 10.9 Å². The number of carbonyl (C=O) groups is 2. The minimum atomic E-state index is -0.949. The quantitative estimate of drug-likeness (QED) is 0.592. The highest BCUT2D eigenvalue weighted by molar-refractivity contribution is 6.01. The standard InChI is InChI=1S/C19H15NO4/c1-12(17(21)13-7-3-2-4-8-13)24-19(23)16-11-14-9-5-6-10-15(14)18(22)20-16/h2-12H,1H3,(H,20,22). The van der Waals surface area contributed by atoms with Crippen molar-refractivity contribution in [1.29, 1.82) is 0 Å². The van der Waals surface area contributed by atoms with Gasteiger partial charge in [0.05, 0.1) is 0 Å². The first kappa shape index (κ1) is 15.7. The molecule has 1 atom stereocenters. The van der Waals surface area contributed by atoms with Crippen LogP contribution in [-0.4, -0.2) is 22.8 Å². The maximum atomic E-state index is 12.2. The van der Waals surface area contributed by atoms with Gasteiger partial charge in [-0.05, 0) is 24.4 Å². The summed E-state index contributed by atoms with van der Waals surface area (Å²) in [5, 5.41) is 1.12. The number of fused-ring (bicyclic) bond motifs is 1. The smallest absolute Gasteiger partial charge is 0.355 e. The first-order chi connectivity index (χ1) is 11.6. The minimum Gasteiger partial charge on any atom is -0.450 e. The Kier molecular flexibility index (Phi) is 4.24. The van der Waals surface area contributed by atoms with Crippen LogP contribution in [0.4, 0.5) is 0 Å². The van der Waals surface area contributed by atoms with Crippen molar-refractivity contribution >= 4 is 22.5 Å². The van der Waals surface area contributed by atoms with E-state index in [4.69, 9.17) is 4.74 Å². The predicted octanol–water partition coefficient (Wildman–Crippen LogP) is 2.96. The number of ether oxygens (including phenoxy) is 1. The lowest BCUT2D eigenvalue weighted by Crippen LogP contribution is -2.26. The molecule has 1 unspecified atom stereocenters. The van der Waals surface area contributed by atoms with E-state index in [9.17, 15) is 14.4 Å². The summed E-state index contributed by atoms with van der Waals surface area (Å²) in [4.78, 5) is 39.0. The van der Waals surface area contributed by atoms with Crippen molar-refractivity contribution in [1.82, 2.24) is 4.98 Å². The van der Waals surface area contributed by atoms with Crippen LogP contribution in [0, 0.1) is 0 Å². The Bertz CT molecular complexity index is 960. The zero-order valence-corrected chi connectivity index (χ0v) is 13.0. The van der Waals surface area contributed by atoms with Crippen LogP contribution in [0.5, 0.6) is 0 Å². The largest absolute Gasteiger partial charge is 0.450 e. The van der Waals surface area contributed by atoms with E-state index in [2.05, 4.69) is 4.98 Å².